The Labute approximate surface area is 171 Å². The lowest BCUT2D eigenvalue weighted by molar-refractivity contribution is -0.137. The van der Waals surface area contributed by atoms with Crippen molar-refractivity contribution in [2.75, 3.05) is 30.8 Å². The second-order valence-electron chi connectivity index (χ2n) is 6.47. The van der Waals surface area contributed by atoms with E-state index in [-0.39, 0.29) is 29.7 Å². The molecule has 156 valence electrons. The third kappa shape index (κ3) is 6.76. The molecule has 2 N–H and O–H groups in total. The molecule has 0 heterocycles. The molecule has 0 fully saturated rings. The molecule has 0 atom stereocenters. The van der Waals surface area contributed by atoms with Crippen molar-refractivity contribution < 1.29 is 22.8 Å². The first kappa shape index (κ1) is 22.7. The van der Waals surface area contributed by atoms with Crippen molar-refractivity contribution in [2.24, 2.45) is 0 Å². The number of anilines is 2. The quantitative estimate of drug-likeness (QED) is 0.687. The SMILES string of the molecule is CCc1ccccc1NC(=O)CN(C)CC(=O)Nc1ccc(Cl)cc1C(F)(F)F. The van der Waals surface area contributed by atoms with Crippen LogP contribution in [0.2, 0.25) is 5.02 Å². The van der Waals surface area contributed by atoms with Crippen molar-refractivity contribution in [2.45, 2.75) is 19.5 Å². The minimum Gasteiger partial charge on any atom is -0.325 e. The van der Waals surface area contributed by atoms with Crippen LogP contribution in [-0.2, 0) is 22.2 Å². The Kier molecular flexibility index (Phi) is 7.64. The van der Waals surface area contributed by atoms with Crippen LogP contribution in [0.3, 0.4) is 0 Å². The Balaban J connectivity index is 1.95. The highest BCUT2D eigenvalue weighted by molar-refractivity contribution is 6.30. The summed E-state index contributed by atoms with van der Waals surface area (Å²) < 4.78 is 39.3. The Morgan fingerprint density at radius 1 is 1.00 bits per heavy atom. The molecule has 0 spiro atoms. The predicted molar refractivity (Wildman–Crippen MR) is 107 cm³/mol. The van der Waals surface area contributed by atoms with Crippen LogP contribution < -0.4 is 10.6 Å². The van der Waals surface area contributed by atoms with Gasteiger partial charge >= 0.3 is 6.18 Å². The van der Waals surface area contributed by atoms with Crippen LogP contribution in [0.25, 0.3) is 0 Å². The Hall–Kier alpha value is -2.58. The summed E-state index contributed by atoms with van der Waals surface area (Å²) in [5.41, 5.74) is 0.244. The number of halogens is 4. The van der Waals surface area contributed by atoms with Gasteiger partial charge in [-0.25, -0.2) is 0 Å². The molecule has 0 aliphatic carbocycles. The van der Waals surface area contributed by atoms with E-state index in [0.29, 0.717) is 5.69 Å². The molecule has 0 aliphatic heterocycles. The van der Waals surface area contributed by atoms with Gasteiger partial charge in [-0.1, -0.05) is 36.7 Å². The maximum Gasteiger partial charge on any atom is 0.418 e. The summed E-state index contributed by atoms with van der Waals surface area (Å²) in [6.45, 7) is 1.61. The van der Waals surface area contributed by atoms with E-state index in [0.717, 1.165) is 24.1 Å². The van der Waals surface area contributed by atoms with Gasteiger partial charge < -0.3 is 10.6 Å². The zero-order valence-corrected chi connectivity index (χ0v) is 16.7. The second-order valence-corrected chi connectivity index (χ2v) is 6.90. The third-order valence-corrected chi connectivity index (χ3v) is 4.30. The predicted octanol–water partition coefficient (Wildman–Crippen LogP) is 4.43. The number of hydrogen-bond donors (Lipinski definition) is 2. The van der Waals surface area contributed by atoms with Gasteiger partial charge in [0.2, 0.25) is 11.8 Å². The number of likely N-dealkylation sites (N-methyl/N-ethyl adjacent to an activating group) is 1. The standard InChI is InChI=1S/C20H21ClF3N3O2/c1-3-13-6-4-5-7-16(13)25-18(28)11-27(2)12-19(29)26-17-9-8-14(21)10-15(17)20(22,23)24/h4-10H,3,11-12H2,1-2H3,(H,25,28)(H,26,29). The van der Waals surface area contributed by atoms with Crippen molar-refractivity contribution in [1.29, 1.82) is 0 Å². The average Bonchev–Trinajstić information content (AvgIpc) is 2.62. The number of nitrogens with zero attached hydrogens (tertiary/aromatic N) is 1. The number of hydrogen-bond acceptors (Lipinski definition) is 3. The number of rotatable bonds is 7. The molecule has 0 aliphatic rings. The van der Waals surface area contributed by atoms with E-state index in [1.165, 1.54) is 18.0 Å². The summed E-state index contributed by atoms with van der Waals surface area (Å²) in [4.78, 5) is 25.8. The van der Waals surface area contributed by atoms with Gasteiger partial charge in [0.25, 0.3) is 0 Å². The summed E-state index contributed by atoms with van der Waals surface area (Å²) in [7, 11) is 1.53. The summed E-state index contributed by atoms with van der Waals surface area (Å²) in [5.74, 6) is -1.01. The molecule has 0 bridgehead atoms. The van der Waals surface area contributed by atoms with Crippen LogP contribution in [0.1, 0.15) is 18.1 Å². The lowest BCUT2D eigenvalue weighted by atomic mass is 10.1. The van der Waals surface area contributed by atoms with E-state index < -0.39 is 17.6 Å². The molecular formula is C20H21ClF3N3O2. The molecule has 2 aromatic rings. The number of para-hydroxylation sites is 1. The van der Waals surface area contributed by atoms with Crippen molar-refractivity contribution in [3.8, 4) is 0 Å². The van der Waals surface area contributed by atoms with Crippen LogP contribution in [0, 0.1) is 0 Å². The Bertz CT molecular complexity index is 888. The summed E-state index contributed by atoms with van der Waals surface area (Å²) in [6.07, 6.45) is -3.91. The van der Waals surface area contributed by atoms with Crippen molar-refractivity contribution in [3.63, 3.8) is 0 Å². The molecule has 9 heteroatoms. The van der Waals surface area contributed by atoms with Gasteiger partial charge in [-0.3, -0.25) is 14.5 Å². The molecule has 0 radical (unpaired) electrons. The minimum absolute atomic E-state index is 0.0866. The molecule has 0 saturated heterocycles. The fourth-order valence-electron chi connectivity index (χ4n) is 2.74. The van der Waals surface area contributed by atoms with Gasteiger partial charge in [0.05, 0.1) is 24.3 Å². The monoisotopic (exact) mass is 427 g/mol. The minimum atomic E-state index is -4.66. The van der Waals surface area contributed by atoms with E-state index in [1.54, 1.807) is 12.1 Å². The lowest BCUT2D eigenvalue weighted by Crippen LogP contribution is -2.36. The first-order valence-corrected chi connectivity index (χ1v) is 9.20. The highest BCUT2D eigenvalue weighted by Gasteiger charge is 2.34. The number of carbonyl (C=O) groups is 2. The van der Waals surface area contributed by atoms with Crippen LogP contribution >= 0.6 is 11.6 Å². The second kappa shape index (κ2) is 9.76. The van der Waals surface area contributed by atoms with E-state index in [1.807, 2.05) is 19.1 Å². The van der Waals surface area contributed by atoms with Crippen LogP contribution in [-0.4, -0.2) is 36.9 Å². The number of amides is 2. The highest BCUT2D eigenvalue weighted by atomic mass is 35.5. The average molecular weight is 428 g/mol. The molecule has 0 saturated carbocycles. The Morgan fingerprint density at radius 2 is 1.59 bits per heavy atom. The van der Waals surface area contributed by atoms with Gasteiger partial charge in [0.1, 0.15) is 0 Å². The number of carbonyl (C=O) groups excluding carboxylic acids is 2. The van der Waals surface area contributed by atoms with Crippen LogP contribution in [0.4, 0.5) is 24.5 Å². The topological polar surface area (TPSA) is 61.4 Å². The van der Waals surface area contributed by atoms with E-state index in [2.05, 4.69) is 10.6 Å². The van der Waals surface area contributed by atoms with E-state index in [4.69, 9.17) is 11.6 Å². The first-order valence-electron chi connectivity index (χ1n) is 8.83. The first-order chi connectivity index (χ1) is 13.6. The van der Waals surface area contributed by atoms with Crippen molar-refractivity contribution >= 4 is 34.8 Å². The molecule has 29 heavy (non-hydrogen) atoms. The van der Waals surface area contributed by atoms with Gasteiger partial charge in [-0.15, -0.1) is 0 Å². The van der Waals surface area contributed by atoms with E-state index in [9.17, 15) is 22.8 Å². The molecule has 2 amide bonds. The van der Waals surface area contributed by atoms with Crippen molar-refractivity contribution in [3.05, 3.63) is 58.6 Å². The summed E-state index contributed by atoms with van der Waals surface area (Å²) >= 11 is 5.62. The molecule has 5 nitrogen and oxygen atoms in total. The van der Waals surface area contributed by atoms with Gasteiger partial charge in [0.15, 0.2) is 0 Å². The molecule has 0 aromatic heterocycles. The fourth-order valence-corrected chi connectivity index (χ4v) is 2.91. The zero-order valence-electron chi connectivity index (χ0n) is 15.9. The van der Waals surface area contributed by atoms with Crippen LogP contribution in [0.5, 0.6) is 0 Å². The van der Waals surface area contributed by atoms with Gasteiger partial charge in [-0.05, 0) is 43.3 Å². The maximum absolute atomic E-state index is 13.1. The summed E-state index contributed by atoms with van der Waals surface area (Å²) in [6, 6.07) is 10.5. The van der Waals surface area contributed by atoms with Gasteiger partial charge in [0, 0.05) is 10.7 Å². The normalized spacial score (nSPS) is 11.4. The third-order valence-electron chi connectivity index (χ3n) is 4.06. The van der Waals surface area contributed by atoms with E-state index >= 15 is 0 Å². The number of nitrogens with one attached hydrogen (secondary N) is 2. The molecule has 2 aromatic carbocycles. The lowest BCUT2D eigenvalue weighted by Gasteiger charge is -2.18. The van der Waals surface area contributed by atoms with Crippen LogP contribution in [0.15, 0.2) is 42.5 Å². The smallest absolute Gasteiger partial charge is 0.325 e. The van der Waals surface area contributed by atoms with Crippen molar-refractivity contribution in [1.82, 2.24) is 4.90 Å². The number of alkyl halides is 3. The highest BCUT2D eigenvalue weighted by Crippen LogP contribution is 2.36. The fraction of sp³-hybridized carbons (Fsp3) is 0.300. The number of benzene rings is 2. The largest absolute Gasteiger partial charge is 0.418 e. The maximum atomic E-state index is 13.1. The Morgan fingerprint density at radius 3 is 2.17 bits per heavy atom. The number of aryl methyl sites for hydroxylation is 1. The molecule has 0 unspecified atom stereocenters. The molecule has 2 rings (SSSR count). The van der Waals surface area contributed by atoms with Gasteiger partial charge in [-0.2, -0.15) is 13.2 Å². The summed E-state index contributed by atoms with van der Waals surface area (Å²) in [5, 5.41) is 4.91. The molecular weight excluding hydrogens is 407 g/mol. The zero-order chi connectivity index (χ0) is 21.6.